The lowest BCUT2D eigenvalue weighted by atomic mass is 9.97. The number of amides is 2. The highest BCUT2D eigenvalue weighted by Crippen LogP contribution is 2.32. The number of nitrogens with one attached hydrogen (secondary N) is 1. The maximum absolute atomic E-state index is 12.9. The van der Waals surface area contributed by atoms with Crippen LogP contribution in [0.5, 0.6) is 11.5 Å². The molecule has 2 aromatic carbocycles. The smallest absolute Gasteiger partial charge is 0.275 e. The number of nitrogens with zero attached hydrogens (tertiary/aromatic N) is 2. The number of carbonyl (C=O) groups excluding carboxylic acids is 2. The lowest BCUT2D eigenvalue weighted by Gasteiger charge is -2.31. The van der Waals surface area contributed by atoms with E-state index >= 15 is 0 Å². The minimum absolute atomic E-state index is 0.0249. The molecule has 0 unspecified atom stereocenters. The number of ether oxygens (including phenoxy) is 2. The van der Waals surface area contributed by atoms with E-state index in [2.05, 4.69) is 10.3 Å². The molecule has 1 fully saturated rings. The van der Waals surface area contributed by atoms with Crippen LogP contribution in [0.1, 0.15) is 58.5 Å². The van der Waals surface area contributed by atoms with Crippen LogP contribution in [0.3, 0.4) is 0 Å². The monoisotopic (exact) mass is 513 g/mol. The number of methoxy groups -OCH3 is 1. The zero-order valence-corrected chi connectivity index (χ0v) is 21.5. The molecule has 0 atom stereocenters. The first-order valence-corrected chi connectivity index (χ1v) is 12.8. The molecule has 0 spiro atoms. The van der Waals surface area contributed by atoms with Crippen molar-refractivity contribution >= 4 is 40.4 Å². The number of benzene rings is 2. The predicted octanol–water partition coefficient (Wildman–Crippen LogP) is 5.86. The van der Waals surface area contributed by atoms with Crippen molar-refractivity contribution < 1.29 is 19.1 Å². The molecule has 0 saturated carbocycles. The van der Waals surface area contributed by atoms with Gasteiger partial charge in [0, 0.05) is 35.6 Å². The zero-order valence-electron chi connectivity index (χ0n) is 19.9. The Morgan fingerprint density at radius 2 is 1.86 bits per heavy atom. The number of piperidine rings is 1. The maximum Gasteiger partial charge on any atom is 0.275 e. The number of halogens is 1. The van der Waals surface area contributed by atoms with Gasteiger partial charge in [0.15, 0.2) is 0 Å². The SMILES string of the molecule is COc1ccc(NC(=O)c2csc(C3CCN(C(=O)c4ccc(OC(C)C)cc4)CC3)n2)cc1Cl. The van der Waals surface area contributed by atoms with Gasteiger partial charge in [0.1, 0.15) is 17.2 Å². The Kier molecular flexibility index (Phi) is 7.93. The average molecular weight is 514 g/mol. The Morgan fingerprint density at radius 3 is 2.49 bits per heavy atom. The molecule has 2 amide bonds. The van der Waals surface area contributed by atoms with Crippen molar-refractivity contribution in [1.29, 1.82) is 0 Å². The minimum atomic E-state index is -0.286. The lowest BCUT2D eigenvalue weighted by molar-refractivity contribution is 0.0713. The first-order valence-electron chi connectivity index (χ1n) is 11.5. The number of anilines is 1. The van der Waals surface area contributed by atoms with Gasteiger partial charge in [-0.1, -0.05) is 11.6 Å². The van der Waals surface area contributed by atoms with Gasteiger partial charge in [-0.05, 0) is 69.2 Å². The molecule has 35 heavy (non-hydrogen) atoms. The van der Waals surface area contributed by atoms with Gasteiger partial charge in [-0.3, -0.25) is 9.59 Å². The molecular weight excluding hydrogens is 486 g/mol. The fraction of sp³-hybridized carbons (Fsp3) is 0.346. The summed E-state index contributed by atoms with van der Waals surface area (Å²) in [6.45, 7) is 5.24. The first kappa shape index (κ1) is 25.0. The van der Waals surface area contributed by atoms with Crippen LogP contribution < -0.4 is 14.8 Å². The van der Waals surface area contributed by atoms with Crippen molar-refractivity contribution in [3.05, 3.63) is 69.1 Å². The molecule has 3 aromatic rings. The van der Waals surface area contributed by atoms with Crippen molar-refractivity contribution in [2.24, 2.45) is 0 Å². The number of thiazole rings is 1. The van der Waals surface area contributed by atoms with Crippen molar-refractivity contribution in [3.8, 4) is 11.5 Å². The van der Waals surface area contributed by atoms with Crippen molar-refractivity contribution in [1.82, 2.24) is 9.88 Å². The second kappa shape index (κ2) is 11.1. The molecule has 184 valence electrons. The molecule has 7 nitrogen and oxygen atoms in total. The van der Waals surface area contributed by atoms with E-state index in [1.54, 1.807) is 23.6 Å². The largest absolute Gasteiger partial charge is 0.495 e. The Balaban J connectivity index is 1.32. The Hall–Kier alpha value is -3.10. The number of hydrogen-bond acceptors (Lipinski definition) is 6. The van der Waals surface area contributed by atoms with E-state index in [0.29, 0.717) is 40.8 Å². The fourth-order valence-electron chi connectivity index (χ4n) is 3.98. The highest BCUT2D eigenvalue weighted by Gasteiger charge is 2.27. The van der Waals surface area contributed by atoms with Crippen LogP contribution >= 0.6 is 22.9 Å². The number of likely N-dealkylation sites (tertiary alicyclic amines) is 1. The van der Waals surface area contributed by atoms with Crippen LogP contribution in [-0.4, -0.2) is 48.0 Å². The summed E-state index contributed by atoms with van der Waals surface area (Å²) in [5.74, 6) is 1.27. The van der Waals surface area contributed by atoms with E-state index in [1.807, 2.05) is 43.0 Å². The van der Waals surface area contributed by atoms with Gasteiger partial charge in [0.05, 0.1) is 23.2 Å². The van der Waals surface area contributed by atoms with Crippen LogP contribution in [0.4, 0.5) is 5.69 Å². The molecule has 9 heteroatoms. The van der Waals surface area contributed by atoms with Gasteiger partial charge < -0.3 is 19.7 Å². The number of hydrogen-bond donors (Lipinski definition) is 1. The Labute approximate surface area is 214 Å². The maximum atomic E-state index is 12.9. The number of rotatable bonds is 7. The second-order valence-corrected chi connectivity index (χ2v) is 9.93. The predicted molar refractivity (Wildman–Crippen MR) is 138 cm³/mol. The van der Waals surface area contributed by atoms with E-state index in [4.69, 9.17) is 21.1 Å². The molecule has 1 N–H and O–H groups in total. The molecule has 0 aliphatic carbocycles. The molecule has 0 radical (unpaired) electrons. The van der Waals surface area contributed by atoms with Crippen molar-refractivity contribution in [2.75, 3.05) is 25.5 Å². The van der Waals surface area contributed by atoms with Crippen LogP contribution in [0, 0.1) is 0 Å². The molecule has 4 rings (SSSR count). The summed E-state index contributed by atoms with van der Waals surface area (Å²) < 4.78 is 10.8. The third kappa shape index (κ3) is 6.13. The van der Waals surface area contributed by atoms with Gasteiger partial charge in [-0.15, -0.1) is 11.3 Å². The van der Waals surface area contributed by atoms with E-state index in [1.165, 1.54) is 18.4 Å². The lowest BCUT2D eigenvalue weighted by Crippen LogP contribution is -2.37. The summed E-state index contributed by atoms with van der Waals surface area (Å²) >= 11 is 7.62. The average Bonchev–Trinajstić information content (AvgIpc) is 3.35. The normalized spacial score (nSPS) is 14.1. The van der Waals surface area contributed by atoms with E-state index in [0.717, 1.165) is 23.6 Å². The summed E-state index contributed by atoms with van der Waals surface area (Å²) in [5.41, 5.74) is 1.61. The molecule has 0 bridgehead atoms. The summed E-state index contributed by atoms with van der Waals surface area (Å²) in [7, 11) is 1.54. The highest BCUT2D eigenvalue weighted by atomic mass is 35.5. The zero-order chi connectivity index (χ0) is 24.9. The Bertz CT molecular complexity index is 1190. The number of carbonyl (C=O) groups is 2. The van der Waals surface area contributed by atoms with Gasteiger partial charge in [-0.2, -0.15) is 0 Å². The summed E-state index contributed by atoms with van der Waals surface area (Å²) in [4.78, 5) is 32.0. The van der Waals surface area contributed by atoms with Gasteiger partial charge in [0.2, 0.25) is 0 Å². The highest BCUT2D eigenvalue weighted by molar-refractivity contribution is 7.10. The third-order valence-electron chi connectivity index (χ3n) is 5.77. The van der Waals surface area contributed by atoms with Crippen molar-refractivity contribution in [3.63, 3.8) is 0 Å². The standard InChI is InChI=1S/C26H28ClN3O4S/c1-16(2)34-20-7-4-18(5-8-20)26(32)30-12-10-17(11-13-30)25-29-22(15-35-25)24(31)28-19-6-9-23(33-3)21(27)14-19/h4-9,14-17H,10-13H2,1-3H3,(H,28,31). The summed E-state index contributed by atoms with van der Waals surface area (Å²) in [5, 5.41) is 5.94. The van der Waals surface area contributed by atoms with Crippen LogP contribution in [-0.2, 0) is 0 Å². The molecule has 2 heterocycles. The molecular formula is C26H28ClN3O4S. The fourth-order valence-corrected chi connectivity index (χ4v) is 5.21. The third-order valence-corrected chi connectivity index (χ3v) is 7.07. The van der Waals surface area contributed by atoms with E-state index < -0.39 is 0 Å². The minimum Gasteiger partial charge on any atom is -0.495 e. The first-order chi connectivity index (χ1) is 16.8. The van der Waals surface area contributed by atoms with Crippen molar-refractivity contribution in [2.45, 2.75) is 38.7 Å². The Morgan fingerprint density at radius 1 is 1.14 bits per heavy atom. The number of aromatic nitrogens is 1. The van der Waals surface area contributed by atoms with Gasteiger partial charge in [0.25, 0.3) is 11.8 Å². The second-order valence-electron chi connectivity index (χ2n) is 8.63. The molecule has 1 aliphatic rings. The molecule has 1 saturated heterocycles. The summed E-state index contributed by atoms with van der Waals surface area (Å²) in [6.07, 6.45) is 1.71. The topological polar surface area (TPSA) is 80.8 Å². The van der Waals surface area contributed by atoms with Gasteiger partial charge in [-0.25, -0.2) is 4.98 Å². The summed E-state index contributed by atoms with van der Waals surface area (Å²) in [6, 6.07) is 12.4. The quantitative estimate of drug-likeness (QED) is 0.427. The molecule has 1 aromatic heterocycles. The van der Waals surface area contributed by atoms with Crippen LogP contribution in [0.25, 0.3) is 0 Å². The van der Waals surface area contributed by atoms with Crippen LogP contribution in [0.15, 0.2) is 47.8 Å². The van der Waals surface area contributed by atoms with Gasteiger partial charge >= 0.3 is 0 Å². The van der Waals surface area contributed by atoms with Crippen LogP contribution in [0.2, 0.25) is 5.02 Å². The molecule has 1 aliphatic heterocycles. The van der Waals surface area contributed by atoms with E-state index in [9.17, 15) is 9.59 Å². The van der Waals surface area contributed by atoms with E-state index in [-0.39, 0.29) is 23.8 Å².